The zero-order valence-electron chi connectivity index (χ0n) is 6.48. The number of benzene rings is 1. The van der Waals surface area contributed by atoms with Crippen molar-refractivity contribution >= 4 is 5.69 Å². The Morgan fingerprint density at radius 1 is 1.25 bits per heavy atom. The van der Waals surface area contributed by atoms with E-state index < -0.39 is 11.6 Å². The molecule has 1 aromatic carbocycles. The lowest BCUT2D eigenvalue weighted by molar-refractivity contribution is 0.511. The largest absolute Gasteiger partial charge is 0.396 e. The van der Waals surface area contributed by atoms with Crippen LogP contribution < -0.4 is 5.73 Å². The van der Waals surface area contributed by atoms with Crippen LogP contribution in [-0.4, -0.2) is 0 Å². The second-order valence-corrected chi connectivity index (χ2v) is 3.14. The Labute approximate surface area is 69.2 Å². The van der Waals surface area contributed by atoms with Gasteiger partial charge in [-0.15, -0.1) is 0 Å². The summed E-state index contributed by atoms with van der Waals surface area (Å²) in [7, 11) is 0. The molecule has 1 aromatic rings. The fourth-order valence-corrected chi connectivity index (χ4v) is 1.33. The van der Waals surface area contributed by atoms with Crippen molar-refractivity contribution in [3.8, 4) is 0 Å². The average molecular weight is 169 g/mol. The first-order chi connectivity index (χ1) is 5.70. The summed E-state index contributed by atoms with van der Waals surface area (Å²) in [6, 6.07) is 2.71. The highest BCUT2D eigenvalue weighted by molar-refractivity contribution is 5.51. The van der Waals surface area contributed by atoms with Gasteiger partial charge in [0, 0.05) is 0 Å². The minimum absolute atomic E-state index is 0.0162. The van der Waals surface area contributed by atoms with Gasteiger partial charge in [-0.25, -0.2) is 8.78 Å². The maximum atomic E-state index is 12.9. The summed E-state index contributed by atoms with van der Waals surface area (Å²) in [4.78, 5) is 0. The van der Waals surface area contributed by atoms with Crippen LogP contribution in [0.15, 0.2) is 12.1 Å². The minimum atomic E-state index is -0.903. The molecule has 0 radical (unpaired) electrons. The molecule has 1 fully saturated rings. The van der Waals surface area contributed by atoms with E-state index in [2.05, 4.69) is 0 Å². The van der Waals surface area contributed by atoms with Crippen molar-refractivity contribution in [2.45, 2.75) is 18.8 Å². The average Bonchev–Trinajstić information content (AvgIpc) is 2.84. The van der Waals surface area contributed by atoms with Crippen LogP contribution in [0.2, 0.25) is 0 Å². The predicted octanol–water partition coefficient (Wildman–Crippen LogP) is 2.42. The molecule has 2 rings (SSSR count). The molecule has 0 amide bonds. The van der Waals surface area contributed by atoms with Gasteiger partial charge in [0.2, 0.25) is 0 Å². The molecule has 2 N–H and O–H groups in total. The monoisotopic (exact) mass is 169 g/mol. The van der Waals surface area contributed by atoms with Crippen molar-refractivity contribution in [2.75, 3.05) is 5.73 Å². The van der Waals surface area contributed by atoms with E-state index in [1.165, 1.54) is 0 Å². The first-order valence-corrected chi connectivity index (χ1v) is 3.93. The Morgan fingerprint density at radius 2 is 1.92 bits per heavy atom. The molecule has 0 bridgehead atoms. The summed E-state index contributed by atoms with van der Waals surface area (Å²) in [6.07, 6.45) is 2.07. The molecule has 0 heterocycles. The van der Waals surface area contributed by atoms with Gasteiger partial charge in [0.05, 0.1) is 5.69 Å². The Kier molecular flexibility index (Phi) is 1.53. The maximum absolute atomic E-state index is 12.9. The van der Waals surface area contributed by atoms with Gasteiger partial charge in [-0.1, -0.05) is 6.07 Å². The van der Waals surface area contributed by atoms with Crippen molar-refractivity contribution in [1.29, 1.82) is 0 Å². The molecule has 0 aromatic heterocycles. The second-order valence-electron chi connectivity index (χ2n) is 3.14. The third-order valence-corrected chi connectivity index (χ3v) is 2.18. The van der Waals surface area contributed by atoms with Gasteiger partial charge in [0.15, 0.2) is 11.6 Å². The molecule has 12 heavy (non-hydrogen) atoms. The van der Waals surface area contributed by atoms with Gasteiger partial charge in [0.25, 0.3) is 0 Å². The summed E-state index contributed by atoms with van der Waals surface area (Å²) in [6.45, 7) is 0. The third-order valence-electron chi connectivity index (χ3n) is 2.18. The fraction of sp³-hybridized carbons (Fsp3) is 0.333. The molecule has 3 heteroatoms. The molecule has 64 valence electrons. The van der Waals surface area contributed by atoms with Gasteiger partial charge in [-0.2, -0.15) is 0 Å². The lowest BCUT2D eigenvalue weighted by Gasteiger charge is -2.04. The molecule has 1 aliphatic rings. The third kappa shape index (κ3) is 1.05. The lowest BCUT2D eigenvalue weighted by atomic mass is 10.1. The van der Waals surface area contributed by atoms with E-state index in [9.17, 15) is 8.78 Å². The van der Waals surface area contributed by atoms with E-state index in [1.54, 1.807) is 6.07 Å². The Balaban J connectivity index is 2.49. The number of halogens is 2. The fourth-order valence-electron chi connectivity index (χ4n) is 1.33. The Hall–Kier alpha value is -1.12. The van der Waals surface area contributed by atoms with E-state index in [4.69, 9.17) is 5.73 Å². The van der Waals surface area contributed by atoms with Crippen LogP contribution in [0.25, 0.3) is 0 Å². The van der Waals surface area contributed by atoms with E-state index in [-0.39, 0.29) is 5.69 Å². The first-order valence-electron chi connectivity index (χ1n) is 3.93. The van der Waals surface area contributed by atoms with Crippen LogP contribution in [0.1, 0.15) is 24.3 Å². The van der Waals surface area contributed by atoms with Crippen molar-refractivity contribution in [3.63, 3.8) is 0 Å². The topological polar surface area (TPSA) is 26.0 Å². The van der Waals surface area contributed by atoms with E-state index >= 15 is 0 Å². The predicted molar refractivity (Wildman–Crippen MR) is 42.7 cm³/mol. The highest BCUT2D eigenvalue weighted by atomic mass is 19.2. The lowest BCUT2D eigenvalue weighted by Crippen LogP contribution is -1.99. The zero-order valence-corrected chi connectivity index (χ0v) is 6.48. The SMILES string of the molecule is Nc1c(C2CC2)ccc(F)c1F. The molecule has 1 nitrogen and oxygen atoms in total. The summed E-state index contributed by atoms with van der Waals surface area (Å²) in [5.74, 6) is -1.41. The molecule has 0 spiro atoms. The van der Waals surface area contributed by atoms with Gasteiger partial charge in [-0.05, 0) is 30.4 Å². The van der Waals surface area contributed by atoms with E-state index in [0.29, 0.717) is 5.92 Å². The normalized spacial score (nSPS) is 16.5. The van der Waals surface area contributed by atoms with Crippen LogP contribution in [0, 0.1) is 11.6 Å². The quantitative estimate of drug-likeness (QED) is 0.642. The van der Waals surface area contributed by atoms with Crippen molar-refractivity contribution in [3.05, 3.63) is 29.3 Å². The maximum Gasteiger partial charge on any atom is 0.181 e. The highest BCUT2D eigenvalue weighted by Gasteiger charge is 2.27. The van der Waals surface area contributed by atoms with Gasteiger partial charge >= 0.3 is 0 Å². The van der Waals surface area contributed by atoms with E-state index in [0.717, 1.165) is 24.5 Å². The summed E-state index contributed by atoms with van der Waals surface area (Å²) < 4.78 is 25.5. The molecule has 0 unspecified atom stereocenters. The van der Waals surface area contributed by atoms with Crippen molar-refractivity contribution < 1.29 is 8.78 Å². The Morgan fingerprint density at radius 3 is 2.50 bits per heavy atom. The van der Waals surface area contributed by atoms with Crippen LogP contribution in [0.3, 0.4) is 0 Å². The number of rotatable bonds is 1. The highest BCUT2D eigenvalue weighted by Crippen LogP contribution is 2.43. The van der Waals surface area contributed by atoms with Crippen molar-refractivity contribution in [2.24, 2.45) is 0 Å². The number of nitrogen functional groups attached to an aromatic ring is 1. The molecule has 0 aliphatic heterocycles. The molecular weight excluding hydrogens is 160 g/mol. The molecular formula is C9H9F2N. The summed E-state index contributed by atoms with van der Waals surface area (Å²) in [5.41, 5.74) is 6.15. The number of nitrogens with two attached hydrogens (primary N) is 1. The number of hydrogen-bond donors (Lipinski definition) is 1. The van der Waals surface area contributed by atoms with Crippen LogP contribution in [0.5, 0.6) is 0 Å². The van der Waals surface area contributed by atoms with Gasteiger partial charge in [-0.3, -0.25) is 0 Å². The van der Waals surface area contributed by atoms with Crippen LogP contribution in [-0.2, 0) is 0 Å². The van der Waals surface area contributed by atoms with E-state index in [1.807, 2.05) is 0 Å². The van der Waals surface area contributed by atoms with Crippen LogP contribution in [0.4, 0.5) is 14.5 Å². The number of anilines is 1. The van der Waals surface area contributed by atoms with Gasteiger partial charge < -0.3 is 5.73 Å². The first kappa shape index (κ1) is 7.53. The second kappa shape index (κ2) is 2.44. The molecule has 1 saturated carbocycles. The standard InChI is InChI=1S/C9H9F2N/c10-7-4-3-6(5-1-2-5)9(12)8(7)11/h3-5H,1-2,12H2. The minimum Gasteiger partial charge on any atom is -0.396 e. The Bertz CT molecular complexity index is 319. The smallest absolute Gasteiger partial charge is 0.181 e. The summed E-state index contributed by atoms with van der Waals surface area (Å²) >= 11 is 0. The molecule has 0 atom stereocenters. The number of hydrogen-bond acceptors (Lipinski definition) is 1. The molecule has 1 aliphatic carbocycles. The zero-order chi connectivity index (χ0) is 8.72. The van der Waals surface area contributed by atoms with Crippen molar-refractivity contribution in [1.82, 2.24) is 0 Å². The molecule has 0 saturated heterocycles. The summed E-state index contributed by atoms with van der Waals surface area (Å²) in [5, 5.41) is 0. The van der Waals surface area contributed by atoms with Crippen LogP contribution >= 0.6 is 0 Å². The van der Waals surface area contributed by atoms with Gasteiger partial charge in [0.1, 0.15) is 0 Å².